The number of esters is 2. The number of likely N-dealkylation sites (N-methyl/N-ethyl adjacent to an activating group) is 1. The van der Waals surface area contributed by atoms with Gasteiger partial charge in [0.2, 0.25) is 0 Å². The molecule has 0 N–H and O–H groups in total. The third-order valence-electron chi connectivity index (χ3n) is 15.0. The Morgan fingerprint density at radius 1 is 0.372 bits per heavy atom. The zero-order valence-corrected chi connectivity index (χ0v) is 57.1. The van der Waals surface area contributed by atoms with Crippen molar-refractivity contribution in [3.8, 4) is 0 Å². The van der Waals surface area contributed by atoms with Gasteiger partial charge in [0, 0.05) is 12.8 Å². The quantitative estimate of drug-likeness (QED) is 0.0195. The molecule has 494 valence electrons. The van der Waals surface area contributed by atoms with Crippen LogP contribution in [0, 0.1) is 0 Å². The van der Waals surface area contributed by atoms with E-state index in [-0.39, 0.29) is 32.0 Å². The number of carbonyl (C=O) groups excluding carboxylic acids is 2. The van der Waals surface area contributed by atoms with Crippen molar-refractivity contribution in [3.05, 3.63) is 122 Å². The van der Waals surface area contributed by atoms with Crippen molar-refractivity contribution < 1.29 is 42.1 Å². The molecule has 0 aromatic rings. The van der Waals surface area contributed by atoms with Gasteiger partial charge in [-0.25, -0.2) is 0 Å². The Kier molecular flexibility index (Phi) is 63.1. The monoisotopic (exact) mass is 1220 g/mol. The number of rotatable bonds is 64. The summed E-state index contributed by atoms with van der Waals surface area (Å²) in [5, 5.41) is 0. The van der Waals surface area contributed by atoms with Crippen LogP contribution in [-0.2, 0) is 32.7 Å². The molecule has 0 bridgehead atoms. The van der Waals surface area contributed by atoms with E-state index in [4.69, 9.17) is 18.5 Å². The normalized spacial score (nSPS) is 13.9. The Morgan fingerprint density at radius 3 is 0.988 bits per heavy atom. The molecule has 0 aliphatic carbocycles. The molecule has 10 heteroatoms. The highest BCUT2D eigenvalue weighted by Crippen LogP contribution is 2.38. The van der Waals surface area contributed by atoms with Crippen LogP contribution in [0.4, 0.5) is 0 Å². The van der Waals surface area contributed by atoms with Crippen molar-refractivity contribution in [2.75, 3.05) is 47.5 Å². The Labute approximate surface area is 530 Å². The van der Waals surface area contributed by atoms with Gasteiger partial charge in [-0.3, -0.25) is 14.2 Å². The fraction of sp³-hybridized carbons (Fsp3) is 0.711. The van der Waals surface area contributed by atoms with E-state index in [9.17, 15) is 19.0 Å². The number of unbranched alkanes of at least 4 members (excludes halogenated alkanes) is 30. The second-order valence-corrected chi connectivity index (χ2v) is 25.9. The average Bonchev–Trinajstić information content (AvgIpc) is 3.70. The van der Waals surface area contributed by atoms with Crippen LogP contribution < -0.4 is 4.89 Å². The summed E-state index contributed by atoms with van der Waals surface area (Å²) in [6, 6.07) is 0. The summed E-state index contributed by atoms with van der Waals surface area (Å²) >= 11 is 0. The number of quaternary nitrogens is 1. The van der Waals surface area contributed by atoms with Crippen molar-refractivity contribution in [1.29, 1.82) is 0 Å². The molecule has 0 spiro atoms. The van der Waals surface area contributed by atoms with Gasteiger partial charge in [-0.05, 0) is 109 Å². The first-order valence-electron chi connectivity index (χ1n) is 35.2. The standard InChI is InChI=1S/C76H132NO8P/c1-6-8-10-12-14-16-18-20-22-24-26-28-30-32-34-36-37-38-39-41-43-45-47-49-51-53-55-57-59-61-63-65-67-69-76(79)85-74(73-84-86(80,81)83-71-70-77(3,4)5)72-82-75(78)68-66-64-62-60-58-56-54-52-50-48-46-44-42-40-35-33-31-29-27-25-23-21-19-17-15-13-11-9-7-2/h8,10,14,16,19-22,25-28,32,34,37-38,41,43,47,49,74H,6-7,9,11-13,15,17-18,23-24,29-31,33,35-36,39-40,42,44-46,48,50-73H2,1-5H3/b10-8-,16-14-,21-19-,22-20-,27-25-,28-26-,34-32-,38-37-,43-41-,49-47-. The first kappa shape index (κ1) is 82.4. The van der Waals surface area contributed by atoms with Gasteiger partial charge in [0.25, 0.3) is 7.82 Å². The molecule has 0 rings (SSSR count). The molecule has 0 aliphatic rings. The van der Waals surface area contributed by atoms with Crippen LogP contribution in [0.25, 0.3) is 0 Å². The van der Waals surface area contributed by atoms with Gasteiger partial charge < -0.3 is 27.9 Å². The van der Waals surface area contributed by atoms with Crippen LogP contribution in [0.15, 0.2) is 122 Å². The molecular formula is C76H132NO8P. The summed E-state index contributed by atoms with van der Waals surface area (Å²) < 4.78 is 34.3. The maximum Gasteiger partial charge on any atom is 0.306 e. The van der Waals surface area contributed by atoms with E-state index < -0.39 is 26.5 Å². The minimum atomic E-state index is -4.65. The van der Waals surface area contributed by atoms with Gasteiger partial charge in [-0.1, -0.05) is 296 Å². The van der Waals surface area contributed by atoms with E-state index >= 15 is 0 Å². The fourth-order valence-corrected chi connectivity index (χ4v) is 10.3. The Bertz CT molecular complexity index is 1870. The minimum Gasteiger partial charge on any atom is -0.756 e. The smallest absolute Gasteiger partial charge is 0.306 e. The van der Waals surface area contributed by atoms with E-state index in [2.05, 4.69) is 135 Å². The molecule has 0 aromatic heterocycles. The third-order valence-corrected chi connectivity index (χ3v) is 15.9. The molecule has 0 aromatic carbocycles. The van der Waals surface area contributed by atoms with Crippen LogP contribution in [-0.4, -0.2) is 70.0 Å². The number of carbonyl (C=O) groups is 2. The molecule has 0 aliphatic heterocycles. The third kappa shape index (κ3) is 69.5. The van der Waals surface area contributed by atoms with E-state index in [0.717, 1.165) is 103 Å². The summed E-state index contributed by atoms with van der Waals surface area (Å²) in [4.78, 5) is 38.1. The number of phosphoric acid groups is 1. The van der Waals surface area contributed by atoms with E-state index in [0.29, 0.717) is 17.4 Å². The Morgan fingerprint density at radius 2 is 0.663 bits per heavy atom. The van der Waals surface area contributed by atoms with Gasteiger partial charge in [0.15, 0.2) is 6.10 Å². The lowest BCUT2D eigenvalue weighted by Gasteiger charge is -2.28. The molecule has 0 radical (unpaired) electrons. The summed E-state index contributed by atoms with van der Waals surface area (Å²) in [6.07, 6.45) is 94.1. The van der Waals surface area contributed by atoms with Gasteiger partial charge in [-0.2, -0.15) is 0 Å². The summed E-state index contributed by atoms with van der Waals surface area (Å²) in [5.41, 5.74) is 0. The van der Waals surface area contributed by atoms with Crippen molar-refractivity contribution in [1.82, 2.24) is 0 Å². The first-order chi connectivity index (χ1) is 42.0. The SMILES string of the molecule is CC/C=C\C/C=C\C/C=C\C/C=C\C/C=C\C/C=C\C/C=C\C/C=C\CCCCCCCCCCC(=O)OC(COC(=O)CCCCCCCCCCCCCCCCCCC/C=C\C/C=C\CCCCCCC)COP(=O)([O-])OCC[N+](C)(C)C. The van der Waals surface area contributed by atoms with E-state index in [1.54, 1.807) is 0 Å². The predicted molar refractivity (Wildman–Crippen MR) is 369 cm³/mol. The molecule has 2 unspecified atom stereocenters. The lowest BCUT2D eigenvalue weighted by Crippen LogP contribution is -2.37. The maximum atomic E-state index is 12.9. The molecule has 9 nitrogen and oxygen atoms in total. The van der Waals surface area contributed by atoms with E-state index in [1.807, 2.05) is 21.1 Å². The number of nitrogens with zero attached hydrogens (tertiary/aromatic N) is 1. The fourth-order valence-electron chi connectivity index (χ4n) is 9.59. The first-order valence-corrected chi connectivity index (χ1v) is 36.7. The minimum absolute atomic E-state index is 0.0373. The summed E-state index contributed by atoms with van der Waals surface area (Å²) in [7, 11) is 1.15. The largest absolute Gasteiger partial charge is 0.756 e. The zero-order valence-electron chi connectivity index (χ0n) is 56.2. The molecule has 0 saturated heterocycles. The molecule has 86 heavy (non-hydrogen) atoms. The van der Waals surface area contributed by atoms with Crippen molar-refractivity contribution >= 4 is 19.8 Å². The van der Waals surface area contributed by atoms with Gasteiger partial charge >= 0.3 is 11.9 Å². The number of hydrogen-bond donors (Lipinski definition) is 0. The Balaban J connectivity index is 4.10. The van der Waals surface area contributed by atoms with Gasteiger partial charge in [0.05, 0.1) is 27.7 Å². The van der Waals surface area contributed by atoms with Crippen LogP contribution in [0.5, 0.6) is 0 Å². The van der Waals surface area contributed by atoms with Crippen LogP contribution in [0.2, 0.25) is 0 Å². The second kappa shape index (κ2) is 65.8. The van der Waals surface area contributed by atoms with Crippen molar-refractivity contribution in [2.24, 2.45) is 0 Å². The number of hydrogen-bond acceptors (Lipinski definition) is 8. The second-order valence-electron chi connectivity index (χ2n) is 24.5. The van der Waals surface area contributed by atoms with Crippen LogP contribution in [0.3, 0.4) is 0 Å². The highest BCUT2D eigenvalue weighted by molar-refractivity contribution is 7.45. The lowest BCUT2D eigenvalue weighted by molar-refractivity contribution is -0.870. The summed E-state index contributed by atoms with van der Waals surface area (Å²) in [5.74, 6) is -0.840. The average molecular weight is 1220 g/mol. The van der Waals surface area contributed by atoms with Gasteiger partial charge in [0.1, 0.15) is 19.8 Å². The summed E-state index contributed by atoms with van der Waals surface area (Å²) in [6.45, 7) is 4.12. The molecule has 0 saturated carbocycles. The van der Waals surface area contributed by atoms with Crippen molar-refractivity contribution in [3.63, 3.8) is 0 Å². The molecule has 0 amide bonds. The number of phosphoric ester groups is 1. The van der Waals surface area contributed by atoms with Crippen LogP contribution in [0.1, 0.15) is 296 Å². The number of allylic oxidation sites excluding steroid dienone is 20. The highest BCUT2D eigenvalue weighted by Gasteiger charge is 2.22. The molecule has 0 heterocycles. The molecular weight excluding hydrogens is 1090 g/mol. The van der Waals surface area contributed by atoms with Gasteiger partial charge in [-0.15, -0.1) is 0 Å². The maximum absolute atomic E-state index is 12.9. The van der Waals surface area contributed by atoms with E-state index in [1.165, 1.54) is 161 Å². The highest BCUT2D eigenvalue weighted by atomic mass is 31.2. The number of ether oxygens (including phenoxy) is 2. The predicted octanol–water partition coefficient (Wildman–Crippen LogP) is 22.4. The van der Waals surface area contributed by atoms with Crippen molar-refractivity contribution in [2.45, 2.75) is 302 Å². The zero-order chi connectivity index (χ0) is 62.6. The topological polar surface area (TPSA) is 111 Å². The molecule has 0 fully saturated rings. The Hall–Kier alpha value is -3.59. The van der Waals surface area contributed by atoms with Crippen LogP contribution >= 0.6 is 7.82 Å². The molecule has 2 atom stereocenters. The lowest BCUT2D eigenvalue weighted by atomic mass is 10.0.